The summed E-state index contributed by atoms with van der Waals surface area (Å²) < 4.78 is 40.1. The van der Waals surface area contributed by atoms with Crippen LogP contribution in [0.5, 0.6) is 0 Å². The van der Waals surface area contributed by atoms with E-state index < -0.39 is 13.9 Å². The third-order valence-electron chi connectivity index (χ3n) is 9.68. The lowest BCUT2D eigenvalue weighted by Gasteiger charge is -2.28. The maximum atomic E-state index is 12.5. The number of ether oxygens (including phenoxy) is 3. The van der Waals surface area contributed by atoms with Gasteiger partial charge >= 0.3 is 5.97 Å². The zero-order valence-electron chi connectivity index (χ0n) is 35.4. The van der Waals surface area contributed by atoms with E-state index in [0.29, 0.717) is 29.7 Å². The Bertz CT molecular complexity index is 1030. The number of nitrogens with zero attached hydrogens (tertiary/aromatic N) is 1. The molecule has 1 fully saturated rings. The van der Waals surface area contributed by atoms with Crippen LogP contribution in [-0.4, -0.2) is 76.3 Å². The summed E-state index contributed by atoms with van der Waals surface area (Å²) in [5.74, 6) is -0.312. The molecule has 1 saturated heterocycles. The van der Waals surface area contributed by atoms with Gasteiger partial charge in [0.2, 0.25) is 0 Å². The predicted molar refractivity (Wildman–Crippen MR) is 221 cm³/mol. The van der Waals surface area contributed by atoms with Crippen molar-refractivity contribution in [1.82, 2.24) is 0 Å². The summed E-state index contributed by atoms with van der Waals surface area (Å²) in [6.45, 7) is 4.64. The Balaban J connectivity index is 2.25. The molecule has 1 aliphatic heterocycles. The van der Waals surface area contributed by atoms with E-state index in [1.165, 1.54) is 83.5 Å². The molecule has 10 heteroatoms. The largest absolute Gasteiger partial charge is 0.756 e. The number of carbonyl (C=O) groups excluding carboxylic acids is 1. The van der Waals surface area contributed by atoms with Crippen molar-refractivity contribution in [3.05, 3.63) is 36.6 Å². The Kier molecular flexibility index (Phi) is 31.5. The summed E-state index contributed by atoms with van der Waals surface area (Å²) in [5.41, 5.74) is 0. The van der Waals surface area contributed by atoms with Gasteiger partial charge in [-0.2, -0.15) is 0 Å². The molecule has 1 rings (SSSR count). The Labute approximate surface area is 331 Å². The molecule has 0 saturated carbocycles. The summed E-state index contributed by atoms with van der Waals surface area (Å²) in [6, 6.07) is 0. The lowest BCUT2D eigenvalue weighted by atomic mass is 10.1. The fraction of sp³-hybridized carbons (Fsp3) is 0.841. The van der Waals surface area contributed by atoms with Gasteiger partial charge in [0, 0.05) is 6.42 Å². The maximum absolute atomic E-state index is 12.5. The van der Waals surface area contributed by atoms with Crippen LogP contribution in [0, 0.1) is 0 Å². The molecule has 54 heavy (non-hydrogen) atoms. The number of quaternary nitrogens is 1. The van der Waals surface area contributed by atoms with Crippen LogP contribution < -0.4 is 4.89 Å². The fourth-order valence-corrected chi connectivity index (χ4v) is 6.79. The first-order valence-electron chi connectivity index (χ1n) is 21.9. The minimum absolute atomic E-state index is 0.0202. The number of unbranched alkanes of at least 4 members (excludes halogenated alkanes) is 18. The monoisotopic (exact) mass is 784 g/mol. The molecule has 0 radical (unpaired) electrons. The second-order valence-electron chi connectivity index (χ2n) is 16.1. The van der Waals surface area contributed by atoms with E-state index in [1.807, 2.05) is 27.2 Å². The number of epoxide rings is 1. The predicted octanol–water partition coefficient (Wildman–Crippen LogP) is 11.3. The van der Waals surface area contributed by atoms with E-state index in [1.54, 1.807) is 6.26 Å². The Morgan fingerprint density at radius 1 is 0.685 bits per heavy atom. The molecule has 316 valence electrons. The molecular weight excluding hydrogens is 701 g/mol. The normalized spacial score (nSPS) is 17.8. The van der Waals surface area contributed by atoms with Gasteiger partial charge in [-0.3, -0.25) is 9.36 Å². The molecule has 0 amide bonds. The highest BCUT2D eigenvalue weighted by Gasteiger charge is 2.36. The van der Waals surface area contributed by atoms with Gasteiger partial charge in [-0.15, -0.1) is 0 Å². The zero-order valence-corrected chi connectivity index (χ0v) is 36.3. The number of carbonyl (C=O) groups is 1. The van der Waals surface area contributed by atoms with Crippen LogP contribution in [0.25, 0.3) is 0 Å². The van der Waals surface area contributed by atoms with Crippen molar-refractivity contribution in [2.24, 2.45) is 0 Å². The molecule has 9 nitrogen and oxygen atoms in total. The Morgan fingerprint density at radius 3 is 1.83 bits per heavy atom. The summed E-state index contributed by atoms with van der Waals surface area (Å²) >= 11 is 0. The number of esters is 1. The Morgan fingerprint density at radius 2 is 1.22 bits per heavy atom. The molecule has 1 heterocycles. The van der Waals surface area contributed by atoms with Gasteiger partial charge in [-0.25, -0.2) is 0 Å². The van der Waals surface area contributed by atoms with Crippen LogP contribution in [0.1, 0.15) is 174 Å². The summed E-state index contributed by atoms with van der Waals surface area (Å²) in [4.78, 5) is 24.8. The third kappa shape index (κ3) is 33.8. The van der Waals surface area contributed by atoms with Gasteiger partial charge in [0.1, 0.15) is 19.8 Å². The first-order valence-corrected chi connectivity index (χ1v) is 23.3. The van der Waals surface area contributed by atoms with Crippen molar-refractivity contribution in [3.8, 4) is 0 Å². The van der Waals surface area contributed by atoms with Gasteiger partial charge < -0.3 is 32.6 Å². The summed E-state index contributed by atoms with van der Waals surface area (Å²) in [7, 11) is 1.34. The van der Waals surface area contributed by atoms with Crippen molar-refractivity contribution < 1.29 is 42.0 Å². The summed E-state index contributed by atoms with van der Waals surface area (Å²) in [5, 5.41) is 0. The van der Waals surface area contributed by atoms with Crippen LogP contribution in [-0.2, 0) is 32.6 Å². The number of allylic oxidation sites excluding steroid dienone is 4. The molecule has 4 atom stereocenters. The maximum Gasteiger partial charge on any atom is 0.305 e. The molecule has 0 spiro atoms. The SMILES string of the molecule is CCCCCCCC/C=C\CCCCCC/C=C/O[C@H](COC(=O)CCCCCCC/C=C\CC1OC1CCCCC)COP(=O)([O-])OCC[N+](C)(C)C. The van der Waals surface area contributed by atoms with Crippen molar-refractivity contribution in [2.75, 3.05) is 47.5 Å². The van der Waals surface area contributed by atoms with Gasteiger partial charge in [-0.05, 0) is 76.7 Å². The minimum Gasteiger partial charge on any atom is -0.756 e. The van der Waals surface area contributed by atoms with E-state index >= 15 is 0 Å². The van der Waals surface area contributed by atoms with Gasteiger partial charge in [0.05, 0.1) is 46.2 Å². The highest BCUT2D eigenvalue weighted by atomic mass is 31.2. The molecule has 3 unspecified atom stereocenters. The topological polar surface area (TPSA) is 107 Å². The molecule has 0 aromatic heterocycles. The molecule has 0 bridgehead atoms. The van der Waals surface area contributed by atoms with Crippen LogP contribution in [0.15, 0.2) is 36.6 Å². The molecule has 0 aromatic rings. The van der Waals surface area contributed by atoms with E-state index in [9.17, 15) is 14.3 Å². The van der Waals surface area contributed by atoms with Gasteiger partial charge in [0.25, 0.3) is 7.82 Å². The number of likely N-dealkylation sites (N-methyl/N-ethyl adjacent to an activating group) is 1. The number of phosphoric ester groups is 1. The van der Waals surface area contributed by atoms with Crippen LogP contribution in [0.2, 0.25) is 0 Å². The van der Waals surface area contributed by atoms with E-state index in [2.05, 4.69) is 38.2 Å². The average molecular weight is 784 g/mol. The van der Waals surface area contributed by atoms with Gasteiger partial charge in [-0.1, -0.05) is 122 Å². The van der Waals surface area contributed by atoms with E-state index in [-0.39, 0.29) is 25.8 Å². The van der Waals surface area contributed by atoms with Crippen molar-refractivity contribution in [2.45, 2.75) is 193 Å². The molecule has 0 N–H and O–H groups in total. The molecule has 0 aliphatic carbocycles. The van der Waals surface area contributed by atoms with Crippen molar-refractivity contribution in [3.63, 3.8) is 0 Å². The standard InChI is InChI=1S/C44H82NO8P/c1-6-8-10-11-12-13-14-15-16-17-18-19-22-25-28-32-37-49-41(40-52-54(47,48)51-38-36-45(3,4)5)39-50-44(46)35-31-27-24-21-20-23-26-30-34-43-42(53-43)33-29-9-7-2/h15-16,26,30,32,37,41-43H,6-14,17-25,27-29,31,33-36,38-40H2,1-5H3/b16-15-,30-26-,37-32+/t41-,42?,43?/m1/s1. The third-order valence-corrected chi connectivity index (χ3v) is 10.6. The van der Waals surface area contributed by atoms with Crippen molar-refractivity contribution >= 4 is 13.8 Å². The van der Waals surface area contributed by atoms with Crippen molar-refractivity contribution in [1.29, 1.82) is 0 Å². The Hall–Kier alpha value is -1.48. The smallest absolute Gasteiger partial charge is 0.305 e. The highest BCUT2D eigenvalue weighted by Crippen LogP contribution is 2.38. The molecule has 0 aromatic carbocycles. The lowest BCUT2D eigenvalue weighted by Crippen LogP contribution is -2.37. The number of hydrogen-bond donors (Lipinski definition) is 0. The lowest BCUT2D eigenvalue weighted by molar-refractivity contribution is -0.870. The second-order valence-corrected chi connectivity index (χ2v) is 17.6. The molecular formula is C44H82NO8P. The molecule has 1 aliphatic rings. The average Bonchev–Trinajstić information content (AvgIpc) is 3.88. The zero-order chi connectivity index (χ0) is 39.6. The number of hydrogen-bond acceptors (Lipinski definition) is 8. The highest BCUT2D eigenvalue weighted by molar-refractivity contribution is 7.45. The van der Waals surface area contributed by atoms with E-state index in [0.717, 1.165) is 70.6 Å². The minimum atomic E-state index is -4.52. The number of rotatable bonds is 39. The first-order chi connectivity index (χ1) is 26.1. The van der Waals surface area contributed by atoms with Crippen LogP contribution >= 0.6 is 7.82 Å². The van der Waals surface area contributed by atoms with Crippen LogP contribution in [0.3, 0.4) is 0 Å². The van der Waals surface area contributed by atoms with Crippen LogP contribution in [0.4, 0.5) is 0 Å². The van der Waals surface area contributed by atoms with E-state index in [4.69, 9.17) is 23.3 Å². The van der Waals surface area contributed by atoms with Gasteiger partial charge in [0.15, 0.2) is 6.10 Å². The second kappa shape index (κ2) is 33.6. The summed E-state index contributed by atoms with van der Waals surface area (Å²) in [6.07, 6.45) is 41.4. The number of phosphoric acid groups is 1. The quantitative estimate of drug-likeness (QED) is 0.0115. The fourth-order valence-electron chi connectivity index (χ4n) is 6.06. The first kappa shape index (κ1) is 50.5.